The van der Waals surface area contributed by atoms with Crippen LogP contribution < -0.4 is 10.7 Å². The highest BCUT2D eigenvalue weighted by Crippen LogP contribution is 2.15. The zero-order valence-corrected chi connectivity index (χ0v) is 20.2. The van der Waals surface area contributed by atoms with Crippen LogP contribution in [0.3, 0.4) is 0 Å². The van der Waals surface area contributed by atoms with Crippen molar-refractivity contribution in [2.45, 2.75) is 25.6 Å². The summed E-state index contributed by atoms with van der Waals surface area (Å²) in [6, 6.07) is 21.9. The number of nitrogens with one attached hydrogen (secondary N) is 2. The van der Waals surface area contributed by atoms with E-state index in [0.717, 1.165) is 16.7 Å². The number of non-ortho nitro benzene ring substituents is 1. The van der Waals surface area contributed by atoms with E-state index in [0.29, 0.717) is 17.2 Å². The van der Waals surface area contributed by atoms with E-state index in [1.54, 1.807) is 6.92 Å². The molecule has 3 aromatic carbocycles. The predicted octanol–water partition coefficient (Wildman–Crippen LogP) is 4.48. The van der Waals surface area contributed by atoms with Crippen molar-refractivity contribution in [3.05, 3.63) is 111 Å². The Hall–Kier alpha value is -3.98. The molecule has 0 aliphatic heterocycles. The molecular formula is C26H26N4O4S. The van der Waals surface area contributed by atoms with Gasteiger partial charge in [-0.05, 0) is 37.1 Å². The first-order chi connectivity index (χ1) is 16.8. The molecule has 0 aromatic heterocycles. The number of hydrogen-bond acceptors (Lipinski definition) is 6. The van der Waals surface area contributed by atoms with Gasteiger partial charge < -0.3 is 5.32 Å². The molecule has 1 atom stereocenters. The third-order valence-corrected chi connectivity index (χ3v) is 6.27. The van der Waals surface area contributed by atoms with Gasteiger partial charge in [-0.1, -0.05) is 60.2 Å². The van der Waals surface area contributed by atoms with E-state index >= 15 is 0 Å². The molecule has 3 aromatic rings. The molecule has 180 valence electrons. The van der Waals surface area contributed by atoms with Crippen molar-refractivity contribution < 1.29 is 14.5 Å². The summed E-state index contributed by atoms with van der Waals surface area (Å²) in [4.78, 5) is 36.0. The number of nitro benzene ring substituents is 1. The quantitative estimate of drug-likeness (QED) is 0.247. The van der Waals surface area contributed by atoms with E-state index in [-0.39, 0.29) is 11.3 Å². The zero-order chi connectivity index (χ0) is 25.2. The second-order valence-corrected chi connectivity index (χ2v) is 8.90. The highest BCUT2D eigenvalue weighted by Gasteiger charge is 2.22. The fraction of sp³-hybridized carbons (Fsp3) is 0.192. The van der Waals surface area contributed by atoms with Crippen LogP contribution in [-0.2, 0) is 10.5 Å². The van der Waals surface area contributed by atoms with E-state index in [9.17, 15) is 19.7 Å². The minimum absolute atomic E-state index is 0.116. The van der Waals surface area contributed by atoms with Crippen molar-refractivity contribution in [1.29, 1.82) is 0 Å². The van der Waals surface area contributed by atoms with Crippen LogP contribution in [0.2, 0.25) is 0 Å². The molecule has 9 heteroatoms. The monoisotopic (exact) mass is 490 g/mol. The van der Waals surface area contributed by atoms with Crippen molar-refractivity contribution in [2.24, 2.45) is 5.10 Å². The smallest absolute Gasteiger partial charge is 0.269 e. The molecule has 0 spiro atoms. The van der Waals surface area contributed by atoms with Crippen LogP contribution in [0.1, 0.15) is 34.0 Å². The highest BCUT2D eigenvalue weighted by atomic mass is 32.2. The summed E-state index contributed by atoms with van der Waals surface area (Å²) in [6.45, 7) is 3.78. The van der Waals surface area contributed by atoms with Crippen molar-refractivity contribution in [3.8, 4) is 0 Å². The molecule has 35 heavy (non-hydrogen) atoms. The summed E-state index contributed by atoms with van der Waals surface area (Å²) in [7, 11) is 0. The van der Waals surface area contributed by atoms with Crippen LogP contribution in [0, 0.1) is 17.0 Å². The first kappa shape index (κ1) is 25.6. The SMILES string of the molecule is C/C(=N/NC(=O)[C@H](CSCc1ccccc1)NC(=O)c1ccc([N+](=O)[O-])cc1)c1ccc(C)cc1. The number of hydrazone groups is 1. The Morgan fingerprint density at radius 3 is 2.23 bits per heavy atom. The number of thioether (sulfide) groups is 1. The second-order valence-electron chi connectivity index (χ2n) is 7.87. The van der Waals surface area contributed by atoms with Crippen LogP contribution >= 0.6 is 11.8 Å². The Balaban J connectivity index is 1.69. The molecule has 0 unspecified atom stereocenters. The largest absolute Gasteiger partial charge is 0.339 e. The maximum atomic E-state index is 13.0. The number of nitrogens with zero attached hydrogens (tertiary/aromatic N) is 2. The maximum absolute atomic E-state index is 13.0. The maximum Gasteiger partial charge on any atom is 0.269 e. The van der Waals surface area contributed by atoms with Gasteiger partial charge in [0.05, 0.1) is 10.6 Å². The van der Waals surface area contributed by atoms with Crippen LogP contribution in [0.5, 0.6) is 0 Å². The lowest BCUT2D eigenvalue weighted by Crippen LogP contribution is -2.47. The number of rotatable bonds is 10. The van der Waals surface area contributed by atoms with Gasteiger partial charge in [0.25, 0.3) is 17.5 Å². The Kier molecular flexibility index (Phi) is 9.14. The molecule has 2 N–H and O–H groups in total. The molecule has 0 bridgehead atoms. The van der Waals surface area contributed by atoms with Gasteiger partial charge in [-0.3, -0.25) is 19.7 Å². The molecule has 0 fully saturated rings. The summed E-state index contributed by atoms with van der Waals surface area (Å²) in [5, 5.41) is 17.8. The van der Waals surface area contributed by atoms with Gasteiger partial charge in [0, 0.05) is 29.2 Å². The molecule has 0 saturated heterocycles. The highest BCUT2D eigenvalue weighted by molar-refractivity contribution is 7.98. The second kappa shape index (κ2) is 12.5. The van der Waals surface area contributed by atoms with Gasteiger partial charge in [-0.25, -0.2) is 5.43 Å². The lowest BCUT2D eigenvalue weighted by atomic mass is 10.1. The average molecular weight is 491 g/mol. The molecule has 0 aliphatic rings. The molecule has 0 saturated carbocycles. The van der Waals surface area contributed by atoms with Crippen LogP contribution in [-0.4, -0.2) is 34.2 Å². The minimum atomic E-state index is -0.860. The lowest BCUT2D eigenvalue weighted by Gasteiger charge is -2.17. The van der Waals surface area contributed by atoms with E-state index in [1.807, 2.05) is 61.5 Å². The van der Waals surface area contributed by atoms with Crippen LogP contribution in [0.4, 0.5) is 5.69 Å². The van der Waals surface area contributed by atoms with Crippen molar-refractivity contribution >= 4 is 35.0 Å². The third kappa shape index (κ3) is 7.79. The van der Waals surface area contributed by atoms with Gasteiger partial charge in [-0.15, -0.1) is 0 Å². The normalized spacial score (nSPS) is 12.0. The standard InChI is InChI=1S/C26H26N4O4S/c1-18-8-10-21(11-9-18)19(2)28-29-26(32)24(17-35-16-20-6-4-3-5-7-20)27-25(31)22-12-14-23(15-13-22)30(33)34/h3-15,24H,16-17H2,1-2H3,(H,27,31)(H,29,32)/b28-19-/t24-/m0/s1. The molecule has 2 amide bonds. The van der Waals surface area contributed by atoms with Crippen molar-refractivity contribution in [1.82, 2.24) is 10.7 Å². The van der Waals surface area contributed by atoms with Gasteiger partial charge in [0.15, 0.2) is 0 Å². The van der Waals surface area contributed by atoms with E-state index in [4.69, 9.17) is 0 Å². The predicted molar refractivity (Wildman–Crippen MR) is 138 cm³/mol. The number of hydrogen-bond donors (Lipinski definition) is 2. The summed E-state index contributed by atoms with van der Waals surface area (Å²) in [6.07, 6.45) is 0. The topological polar surface area (TPSA) is 114 Å². The first-order valence-electron chi connectivity index (χ1n) is 10.9. The lowest BCUT2D eigenvalue weighted by molar-refractivity contribution is -0.384. The summed E-state index contributed by atoms with van der Waals surface area (Å²) in [5.74, 6) is 0.0364. The summed E-state index contributed by atoms with van der Waals surface area (Å²) >= 11 is 1.51. The van der Waals surface area contributed by atoms with Crippen molar-refractivity contribution in [3.63, 3.8) is 0 Å². The zero-order valence-electron chi connectivity index (χ0n) is 19.4. The Labute approximate surface area is 208 Å². The number of amides is 2. The molecular weight excluding hydrogens is 464 g/mol. The third-order valence-electron chi connectivity index (χ3n) is 5.16. The number of aryl methyl sites for hydroxylation is 1. The van der Waals surface area contributed by atoms with Crippen molar-refractivity contribution in [2.75, 3.05) is 5.75 Å². The number of carbonyl (C=O) groups excluding carboxylic acids is 2. The number of benzene rings is 3. The molecule has 0 aliphatic carbocycles. The Morgan fingerprint density at radius 2 is 1.60 bits per heavy atom. The summed E-state index contributed by atoms with van der Waals surface area (Å²) < 4.78 is 0. The minimum Gasteiger partial charge on any atom is -0.339 e. The Bertz CT molecular complexity index is 1200. The fourth-order valence-corrected chi connectivity index (χ4v) is 4.12. The van der Waals surface area contributed by atoms with Gasteiger partial charge in [0.2, 0.25) is 0 Å². The molecule has 8 nitrogen and oxygen atoms in total. The summed E-state index contributed by atoms with van der Waals surface area (Å²) in [5.41, 5.74) is 6.40. The van der Waals surface area contributed by atoms with Crippen LogP contribution in [0.25, 0.3) is 0 Å². The molecule has 0 heterocycles. The Morgan fingerprint density at radius 1 is 0.971 bits per heavy atom. The van der Waals surface area contributed by atoms with Gasteiger partial charge in [0.1, 0.15) is 6.04 Å². The van der Waals surface area contributed by atoms with E-state index < -0.39 is 22.8 Å². The molecule has 3 rings (SSSR count). The van der Waals surface area contributed by atoms with Gasteiger partial charge in [-0.2, -0.15) is 16.9 Å². The van der Waals surface area contributed by atoms with Crippen LogP contribution in [0.15, 0.2) is 84.0 Å². The number of carbonyl (C=O) groups is 2. The molecule has 0 radical (unpaired) electrons. The average Bonchev–Trinajstić information content (AvgIpc) is 2.87. The van der Waals surface area contributed by atoms with E-state index in [2.05, 4.69) is 15.8 Å². The fourth-order valence-electron chi connectivity index (χ4n) is 3.10. The first-order valence-corrected chi connectivity index (χ1v) is 12.1. The van der Waals surface area contributed by atoms with Gasteiger partial charge >= 0.3 is 0 Å². The van der Waals surface area contributed by atoms with E-state index in [1.165, 1.54) is 36.0 Å². The number of nitro groups is 1.